The maximum absolute atomic E-state index is 14.5. The Labute approximate surface area is 574 Å². The number of unbranched alkanes of at least 4 members (excludes halogenated alkanes) is 2. The molecule has 5 aromatic rings. The van der Waals surface area contributed by atoms with Crippen molar-refractivity contribution in [2.75, 3.05) is 57.9 Å². The second-order valence-corrected chi connectivity index (χ2v) is 25.8. The maximum atomic E-state index is 14.5. The number of hydrogen-bond donors (Lipinski definition) is 5. The van der Waals surface area contributed by atoms with Crippen LogP contribution in [0.5, 0.6) is 23.0 Å². The molecule has 0 unspecified atom stereocenters. The summed E-state index contributed by atoms with van der Waals surface area (Å²) < 4.78 is 31.8. The summed E-state index contributed by atoms with van der Waals surface area (Å²) in [5.41, 5.74) is 12.6. The van der Waals surface area contributed by atoms with E-state index in [2.05, 4.69) is 33.4 Å². The Morgan fingerprint density at radius 1 is 0.606 bits per heavy atom. The van der Waals surface area contributed by atoms with Crippen LogP contribution in [0.3, 0.4) is 0 Å². The van der Waals surface area contributed by atoms with Gasteiger partial charge in [-0.25, -0.2) is 9.59 Å². The van der Waals surface area contributed by atoms with E-state index in [1.807, 2.05) is 58.6 Å². The summed E-state index contributed by atoms with van der Waals surface area (Å²) in [6, 6.07) is 26.6. The molecule has 0 bridgehead atoms. The highest BCUT2D eigenvalue weighted by molar-refractivity contribution is 6.13. The zero-order chi connectivity index (χ0) is 69.4. The molecule has 10 amide bonds. The third kappa shape index (κ3) is 18.0. The topological polar surface area (TPSA) is 312 Å². The number of imide groups is 1. The number of fused-ring (bicyclic) bond motifs is 8. The number of nitrogens with two attached hydrogens (primary N) is 1. The Balaban J connectivity index is 0.743. The smallest absolute Gasteiger partial charge is 0.410 e. The van der Waals surface area contributed by atoms with E-state index < -0.39 is 36.0 Å². The number of aliphatic imine (C=N–C) groups is 2. The average molecular weight is 1350 g/mol. The lowest BCUT2D eigenvalue weighted by Gasteiger charge is -2.34. The van der Waals surface area contributed by atoms with Crippen LogP contribution in [0.2, 0.25) is 0 Å². The molecule has 0 saturated carbocycles. The van der Waals surface area contributed by atoms with Crippen molar-refractivity contribution in [3.8, 4) is 23.0 Å². The summed E-state index contributed by atoms with van der Waals surface area (Å²) in [6.45, 7) is 6.22. The number of carbonyl (C=O) groups is 9. The van der Waals surface area contributed by atoms with E-state index in [-0.39, 0.29) is 113 Å². The third-order valence-electron chi connectivity index (χ3n) is 18.3. The minimum atomic E-state index is -1.09. The number of primary amides is 1. The summed E-state index contributed by atoms with van der Waals surface area (Å²) in [5, 5.41) is 10.9. The molecular formula is C74H85N11O14. The maximum Gasteiger partial charge on any atom is 0.410 e. The number of amides is 10. The molecule has 6 heterocycles. The van der Waals surface area contributed by atoms with Gasteiger partial charge in [-0.15, -0.1) is 0 Å². The number of carbonyl (C=O) groups excluding carboxylic acids is 9. The van der Waals surface area contributed by atoms with Crippen LogP contribution in [0, 0.1) is 5.92 Å². The zero-order valence-electron chi connectivity index (χ0n) is 55.9. The Morgan fingerprint density at radius 2 is 1.13 bits per heavy atom. The lowest BCUT2D eigenvalue weighted by Crippen LogP contribution is -2.54. The minimum absolute atomic E-state index is 0.0985. The van der Waals surface area contributed by atoms with Gasteiger partial charge in [0.1, 0.15) is 18.7 Å². The first kappa shape index (κ1) is 69.8. The Hall–Kier alpha value is -10.6. The van der Waals surface area contributed by atoms with Crippen molar-refractivity contribution in [2.24, 2.45) is 21.6 Å². The van der Waals surface area contributed by atoms with Crippen molar-refractivity contribution in [2.45, 2.75) is 141 Å². The van der Waals surface area contributed by atoms with Crippen molar-refractivity contribution in [1.29, 1.82) is 0 Å². The molecule has 25 heteroatoms. The number of nitrogens with zero attached hydrogens (tertiary/aromatic N) is 6. The van der Waals surface area contributed by atoms with Crippen LogP contribution in [0.1, 0.15) is 133 Å². The van der Waals surface area contributed by atoms with E-state index in [1.165, 1.54) is 23.3 Å². The SMILES string of the molecule is CC(C)[C@H](NC(=O)CCCCCN1C(=O)C=CC1=O)C(=O)N[C@@H](CCCNC(N)=O)C(=O)Nc1ccc(COC(=O)N2CCCCOc3cc4c(cc3OCCCOc3cc5c(cc3OCCCC2)C(=O)N2Cc3ccccc3C[C@H]2C=N5)N=C[C@@H]2Cc3ccccc3CN2C4=O)cc1. The molecule has 25 nitrogen and oxygen atoms in total. The molecule has 0 aliphatic carbocycles. The van der Waals surface area contributed by atoms with Crippen LogP contribution in [-0.2, 0) is 61.2 Å². The number of benzene rings is 5. The van der Waals surface area contributed by atoms with E-state index in [0.29, 0.717) is 147 Å². The van der Waals surface area contributed by atoms with Gasteiger partial charge in [0.05, 0.1) is 61.0 Å². The van der Waals surface area contributed by atoms with Crippen molar-refractivity contribution < 1.29 is 66.8 Å². The highest BCUT2D eigenvalue weighted by Gasteiger charge is 2.36. The van der Waals surface area contributed by atoms with Crippen LogP contribution < -0.4 is 45.9 Å². The first-order valence-electron chi connectivity index (χ1n) is 34.2. The van der Waals surface area contributed by atoms with E-state index in [4.69, 9.17) is 39.4 Å². The standard InChI is InChI=1S/C74H85N11O14/c1-47(2)68(81-65(86)21-4-3-9-31-83-66(87)26-27-67(83)88)70(90)80-58(20-14-28-76-73(75)93)69(89)79-53-24-22-48(23-25-53)46-99-74(94)82-29-10-12-32-95-61-38-56-59(77-42-54-36-49-16-5-7-18-51(49)44-84(54)71(56)91)40-63(61)97-34-15-35-98-64-41-60-57(39-62(64)96-33-13-11-30-82)72(92)85-45-52-19-8-6-17-50(52)37-55(85)43-78-60/h5-8,16-19,22-27,38-43,47,54-55,58,68H,3-4,9-15,20-21,28-37,44-46H2,1-2H3,(H,79,89)(H,80,90)(H,81,86)(H3,75,76,93)/t54-,55-,58-,68-/m0/s1. The van der Waals surface area contributed by atoms with Crippen molar-refractivity contribution >= 4 is 83.0 Å². The lowest BCUT2D eigenvalue weighted by molar-refractivity contribution is -0.137. The van der Waals surface area contributed by atoms with Gasteiger partial charge in [0.15, 0.2) is 23.0 Å². The second-order valence-electron chi connectivity index (χ2n) is 25.8. The molecule has 0 aromatic heterocycles. The lowest BCUT2D eigenvalue weighted by atomic mass is 9.94. The van der Waals surface area contributed by atoms with Gasteiger partial charge in [0, 0.05) is 94.5 Å². The third-order valence-corrected chi connectivity index (χ3v) is 18.3. The van der Waals surface area contributed by atoms with Gasteiger partial charge in [0.2, 0.25) is 17.7 Å². The Bertz CT molecular complexity index is 3760. The van der Waals surface area contributed by atoms with E-state index in [1.54, 1.807) is 67.3 Å². The van der Waals surface area contributed by atoms with Crippen LogP contribution in [-0.4, -0.2) is 162 Å². The number of nitrogens with one attached hydrogen (secondary N) is 4. The molecular weight excluding hydrogens is 1270 g/mol. The molecule has 0 fully saturated rings. The van der Waals surface area contributed by atoms with Gasteiger partial charge < -0.3 is 65.4 Å². The molecule has 0 radical (unpaired) electrons. The van der Waals surface area contributed by atoms with Crippen LogP contribution in [0.25, 0.3) is 0 Å². The highest BCUT2D eigenvalue weighted by atomic mass is 16.6. The van der Waals surface area contributed by atoms with Gasteiger partial charge in [-0.1, -0.05) is 80.9 Å². The fraction of sp³-hybridized carbons (Fsp3) is 0.419. The van der Waals surface area contributed by atoms with Gasteiger partial charge in [0.25, 0.3) is 23.6 Å². The molecule has 5 aromatic carbocycles. The molecule has 520 valence electrons. The molecule has 11 rings (SSSR count). The summed E-state index contributed by atoms with van der Waals surface area (Å²) in [6.07, 6.45) is 11.4. The summed E-state index contributed by atoms with van der Waals surface area (Å²) in [5.74, 6) is -1.36. The van der Waals surface area contributed by atoms with E-state index in [9.17, 15) is 43.2 Å². The van der Waals surface area contributed by atoms with Crippen molar-refractivity contribution in [3.63, 3.8) is 0 Å². The predicted octanol–water partition coefficient (Wildman–Crippen LogP) is 8.57. The summed E-state index contributed by atoms with van der Waals surface area (Å²) in [4.78, 5) is 135. The number of rotatable bonds is 18. The number of urea groups is 1. The number of ether oxygens (including phenoxy) is 5. The molecule has 99 heavy (non-hydrogen) atoms. The number of anilines is 1. The predicted molar refractivity (Wildman–Crippen MR) is 369 cm³/mol. The molecule has 6 aliphatic heterocycles. The highest BCUT2D eigenvalue weighted by Crippen LogP contribution is 2.41. The van der Waals surface area contributed by atoms with E-state index in [0.717, 1.165) is 16.0 Å². The second kappa shape index (κ2) is 33.1. The average Bonchev–Trinajstić information content (AvgIpc) is 1.71. The minimum Gasteiger partial charge on any atom is -0.490 e. The summed E-state index contributed by atoms with van der Waals surface area (Å²) in [7, 11) is 0. The van der Waals surface area contributed by atoms with Crippen molar-refractivity contribution in [3.05, 3.63) is 148 Å². The first-order valence-corrected chi connectivity index (χ1v) is 34.2. The quantitative estimate of drug-likeness (QED) is 0.0405. The van der Waals surface area contributed by atoms with Gasteiger partial charge >= 0.3 is 12.1 Å². The van der Waals surface area contributed by atoms with Crippen molar-refractivity contribution in [1.82, 2.24) is 35.6 Å². The Morgan fingerprint density at radius 3 is 1.67 bits per heavy atom. The molecule has 6 N–H and O–H groups in total. The normalized spacial score (nSPS) is 18.2. The van der Waals surface area contributed by atoms with Gasteiger partial charge in [-0.05, 0) is 122 Å². The molecule has 0 spiro atoms. The zero-order valence-corrected chi connectivity index (χ0v) is 55.9. The fourth-order valence-corrected chi connectivity index (χ4v) is 12.8. The fourth-order valence-electron chi connectivity index (χ4n) is 12.8. The number of hydrogen-bond acceptors (Lipinski definition) is 16. The molecule has 4 atom stereocenters. The monoisotopic (exact) mass is 1350 g/mol. The molecule has 6 aliphatic rings. The molecule has 0 saturated heterocycles. The summed E-state index contributed by atoms with van der Waals surface area (Å²) >= 11 is 0. The van der Waals surface area contributed by atoms with Crippen LogP contribution in [0.15, 0.2) is 119 Å². The van der Waals surface area contributed by atoms with Crippen LogP contribution in [0.4, 0.5) is 26.7 Å². The van der Waals surface area contributed by atoms with Crippen LogP contribution >= 0.6 is 0 Å². The van der Waals surface area contributed by atoms with Gasteiger partial charge in [-0.3, -0.25) is 48.4 Å². The first-order chi connectivity index (χ1) is 48.0. The Kier molecular flexibility index (Phi) is 23.3. The largest absolute Gasteiger partial charge is 0.490 e. The van der Waals surface area contributed by atoms with E-state index >= 15 is 0 Å². The van der Waals surface area contributed by atoms with Gasteiger partial charge in [-0.2, -0.15) is 0 Å².